The summed E-state index contributed by atoms with van der Waals surface area (Å²) in [6.45, 7) is 1.08. The monoisotopic (exact) mass is 423 g/mol. The molecule has 11 atom stereocenters. The third kappa shape index (κ3) is 2.74. The third-order valence-corrected chi connectivity index (χ3v) is 11.8. The zero-order chi connectivity index (χ0) is 27.4. The topological polar surface area (TPSA) is 29.5 Å². The van der Waals surface area contributed by atoms with Gasteiger partial charge in [-0.3, -0.25) is 0 Å². The Hall–Kier alpha value is -0.0800. The number of hydrogen-bond acceptors (Lipinski definition) is 2. The first-order valence-electron chi connectivity index (χ1n) is 16.2. The minimum Gasteiger partial charge on any atom is -0.393 e. The van der Waals surface area contributed by atoms with Crippen LogP contribution < -0.4 is 0 Å². The number of aliphatic hydroxyl groups is 1. The van der Waals surface area contributed by atoms with Crippen molar-refractivity contribution in [1.82, 2.24) is 0 Å². The van der Waals surface area contributed by atoms with Gasteiger partial charge >= 0.3 is 0 Å². The van der Waals surface area contributed by atoms with Crippen LogP contribution in [0.5, 0.6) is 0 Å². The molecule has 0 aliphatic heterocycles. The number of hydrogen-bond donors (Lipinski definition) is 1. The van der Waals surface area contributed by atoms with Crippen LogP contribution >= 0.6 is 0 Å². The van der Waals surface area contributed by atoms with Crippen molar-refractivity contribution in [3.8, 4) is 0 Å². The van der Waals surface area contributed by atoms with Crippen LogP contribution in [0.2, 0.25) is 0 Å². The Balaban J connectivity index is 1.30. The average Bonchev–Trinajstić information content (AvgIpc) is 3.31. The molecule has 0 aromatic rings. The first kappa shape index (κ1) is 14.9. The second-order valence-electron chi connectivity index (χ2n) is 12.4. The summed E-state index contributed by atoms with van der Waals surface area (Å²) in [4.78, 5) is 0. The molecule has 5 rings (SSSR count). The van der Waals surface area contributed by atoms with Gasteiger partial charge in [-0.2, -0.15) is 0 Å². The summed E-state index contributed by atoms with van der Waals surface area (Å²) in [5.41, 5.74) is 1.03. The summed E-state index contributed by atoms with van der Waals surface area (Å²) in [6.07, 6.45) is 9.33. The Labute approximate surface area is 195 Å². The predicted octanol–water partition coefficient (Wildman–Crippen LogP) is 6.70. The van der Waals surface area contributed by atoms with Gasteiger partial charge in [0, 0.05) is 22.1 Å². The molecular weight excluding hydrogens is 368 g/mol. The van der Waals surface area contributed by atoms with Crippen LogP contribution in [0.3, 0.4) is 0 Å². The highest BCUT2D eigenvalue weighted by atomic mass is 16.5. The maximum absolute atomic E-state index is 10.8. The molecule has 5 aliphatic rings. The zero-order valence-electron chi connectivity index (χ0n) is 26.5. The molecule has 0 bridgehead atoms. The van der Waals surface area contributed by atoms with Gasteiger partial charge < -0.3 is 9.84 Å². The van der Waals surface area contributed by atoms with Gasteiger partial charge in [-0.1, -0.05) is 34.5 Å². The molecule has 2 heteroatoms. The highest BCUT2D eigenvalue weighted by Gasteiger charge is 2.77. The molecule has 0 aromatic carbocycles. The maximum Gasteiger partial charge on any atom is 0.0638 e. The summed E-state index contributed by atoms with van der Waals surface area (Å²) in [5.74, 6) is 0.831. The molecule has 0 heterocycles. The highest BCUT2D eigenvalue weighted by molar-refractivity contribution is 5.26. The van der Waals surface area contributed by atoms with Crippen molar-refractivity contribution in [3.05, 3.63) is 0 Å². The van der Waals surface area contributed by atoms with E-state index in [0.717, 1.165) is 18.3 Å². The lowest BCUT2D eigenvalue weighted by molar-refractivity contribution is -0.161. The Morgan fingerprint density at radius 1 is 1.10 bits per heavy atom. The molecule has 0 amide bonds. The lowest BCUT2D eigenvalue weighted by atomic mass is 9.45. The van der Waals surface area contributed by atoms with E-state index >= 15 is 0 Å². The molecule has 5 saturated carbocycles. The molecule has 2 nitrogen and oxygen atoms in total. The van der Waals surface area contributed by atoms with Crippen molar-refractivity contribution >= 4 is 0 Å². The van der Waals surface area contributed by atoms with E-state index in [-0.39, 0.29) is 17.8 Å². The van der Waals surface area contributed by atoms with Gasteiger partial charge in [-0.25, -0.2) is 0 Å². The fraction of sp³-hybridized carbons (Fsp3) is 1.00. The Morgan fingerprint density at radius 3 is 2.60 bits per heavy atom. The Kier molecular flexibility index (Phi) is 3.59. The van der Waals surface area contributed by atoms with Crippen molar-refractivity contribution in [3.63, 3.8) is 0 Å². The normalized spacial score (nSPS) is 58.2. The van der Waals surface area contributed by atoms with E-state index in [2.05, 4.69) is 20.8 Å². The van der Waals surface area contributed by atoms with E-state index in [0.29, 0.717) is 41.1 Å². The van der Waals surface area contributed by atoms with Gasteiger partial charge in [-0.15, -0.1) is 0 Å². The van der Waals surface area contributed by atoms with E-state index in [4.69, 9.17) is 14.3 Å². The number of aliphatic hydroxyl groups excluding tert-OH is 1. The minimum absolute atomic E-state index is 0.0263. The molecule has 172 valence electrons. The van der Waals surface area contributed by atoms with E-state index in [1.807, 2.05) is 7.11 Å². The van der Waals surface area contributed by atoms with Gasteiger partial charge in [0.25, 0.3) is 0 Å². The molecule has 1 unspecified atom stereocenters. The number of rotatable bonds is 6. The van der Waals surface area contributed by atoms with Gasteiger partial charge in [-0.05, 0) is 116 Å². The van der Waals surface area contributed by atoms with Crippen molar-refractivity contribution in [2.45, 2.75) is 111 Å². The molecule has 5 fully saturated rings. The van der Waals surface area contributed by atoms with Crippen LogP contribution in [0.4, 0.5) is 0 Å². The predicted molar refractivity (Wildman–Crippen MR) is 123 cm³/mol. The second-order valence-corrected chi connectivity index (χ2v) is 12.4. The highest BCUT2D eigenvalue weighted by Crippen LogP contribution is 2.82. The Bertz CT molecular complexity index is 875. The van der Waals surface area contributed by atoms with Gasteiger partial charge in [0.1, 0.15) is 0 Å². The summed E-state index contributed by atoms with van der Waals surface area (Å²) in [7, 11) is 1.92. The lowest BCUT2D eigenvalue weighted by Gasteiger charge is -2.61. The first-order chi connectivity index (χ1) is 17.0. The van der Waals surface area contributed by atoms with Gasteiger partial charge in [0.05, 0.1) is 12.2 Å². The number of methoxy groups -OCH3 is 1. The quantitative estimate of drug-likeness (QED) is 0.515. The summed E-state index contributed by atoms with van der Waals surface area (Å²) >= 11 is 0. The van der Waals surface area contributed by atoms with Crippen LogP contribution in [-0.4, -0.2) is 24.4 Å². The fourth-order valence-electron chi connectivity index (χ4n) is 10.3. The standard InChI is InChI=1S/C28H48O2/c1-17(2)24(29)10-7-18(3)21-8-9-22-20-15-25(30-6)28-16-19(28)11-14-27(28,5)23(20)12-13-26(21,22)4/h17-25,29H,7-16H2,1-6H3/t18-,19+,20+,21-,22+,23+,24?,25-,26-,27-,28+/m1/s1/i1D3,2D3,17D. The molecule has 1 N–H and O–H groups in total. The zero-order valence-corrected chi connectivity index (χ0v) is 19.5. The Morgan fingerprint density at radius 2 is 1.90 bits per heavy atom. The van der Waals surface area contributed by atoms with E-state index in [9.17, 15) is 5.11 Å². The van der Waals surface area contributed by atoms with Gasteiger partial charge in [0.2, 0.25) is 0 Å². The van der Waals surface area contributed by atoms with Crippen LogP contribution in [0.25, 0.3) is 0 Å². The van der Waals surface area contributed by atoms with Crippen LogP contribution in [0.15, 0.2) is 0 Å². The summed E-state index contributed by atoms with van der Waals surface area (Å²) in [5, 5.41) is 10.8. The molecule has 0 radical (unpaired) electrons. The molecule has 30 heavy (non-hydrogen) atoms. The van der Waals surface area contributed by atoms with Crippen molar-refractivity contribution < 1.29 is 19.4 Å². The molecule has 1 spiro atoms. The fourth-order valence-corrected chi connectivity index (χ4v) is 10.3. The maximum atomic E-state index is 10.8. The summed E-state index contributed by atoms with van der Waals surface area (Å²) < 4.78 is 60.7. The lowest BCUT2D eigenvalue weighted by Crippen LogP contribution is -2.57. The number of fused-ring (bicyclic) bond motifs is 4. The second kappa shape index (κ2) is 7.21. The smallest absolute Gasteiger partial charge is 0.0638 e. The molecule has 0 aromatic heterocycles. The molecule has 5 aliphatic carbocycles. The van der Waals surface area contributed by atoms with Gasteiger partial charge in [0.15, 0.2) is 0 Å². The molecular formula is C28H48O2. The minimum atomic E-state index is -3.09. The number of ether oxygens (including phenoxy) is 1. The first-order valence-corrected chi connectivity index (χ1v) is 12.7. The largest absolute Gasteiger partial charge is 0.393 e. The van der Waals surface area contributed by atoms with Crippen molar-refractivity contribution in [1.29, 1.82) is 0 Å². The van der Waals surface area contributed by atoms with Crippen LogP contribution in [0.1, 0.15) is 108 Å². The van der Waals surface area contributed by atoms with Crippen molar-refractivity contribution in [2.75, 3.05) is 7.11 Å². The average molecular weight is 424 g/mol. The van der Waals surface area contributed by atoms with E-state index in [1.54, 1.807) is 0 Å². The van der Waals surface area contributed by atoms with Crippen LogP contribution in [-0.2, 0) is 4.74 Å². The summed E-state index contributed by atoms with van der Waals surface area (Å²) in [6, 6.07) is 0. The third-order valence-electron chi connectivity index (χ3n) is 11.8. The molecule has 0 saturated heterocycles. The SMILES string of the molecule is [2H]C([2H])([2H])C([2H])(C(O)CC[C@@H](C)[C@H]1CC[C@H]2[C@@H]3C[C@@H](OC)[C@]45C[C@@H]4CC[C@]5(C)[C@H]3CC[C@]12C)C([2H])([2H])[2H]. The van der Waals surface area contributed by atoms with E-state index < -0.39 is 25.7 Å². The van der Waals surface area contributed by atoms with E-state index in [1.165, 1.54) is 44.9 Å². The van der Waals surface area contributed by atoms with Crippen LogP contribution in [0, 0.1) is 57.6 Å². The van der Waals surface area contributed by atoms with Crippen molar-refractivity contribution in [2.24, 2.45) is 57.6 Å².